The van der Waals surface area contributed by atoms with E-state index < -0.39 is 16.1 Å². The van der Waals surface area contributed by atoms with Crippen molar-refractivity contribution in [3.05, 3.63) is 18.2 Å². The molecule has 0 spiro atoms. The molecule has 1 aromatic rings. The van der Waals surface area contributed by atoms with Crippen molar-refractivity contribution >= 4 is 27.3 Å². The fraction of sp³-hybridized carbons (Fsp3) is 0.533. The van der Waals surface area contributed by atoms with Gasteiger partial charge in [0.1, 0.15) is 5.75 Å². The van der Waals surface area contributed by atoms with Crippen molar-refractivity contribution in [2.24, 2.45) is 11.7 Å². The molecule has 1 amide bonds. The summed E-state index contributed by atoms with van der Waals surface area (Å²) in [6.45, 7) is 5.52. The summed E-state index contributed by atoms with van der Waals surface area (Å²) in [7, 11) is -1.98. The van der Waals surface area contributed by atoms with Crippen LogP contribution in [0.2, 0.25) is 0 Å². The van der Waals surface area contributed by atoms with Crippen molar-refractivity contribution in [1.29, 1.82) is 0 Å². The van der Waals surface area contributed by atoms with Crippen molar-refractivity contribution < 1.29 is 17.9 Å². The van der Waals surface area contributed by atoms with Gasteiger partial charge < -0.3 is 15.8 Å². The highest BCUT2D eigenvalue weighted by atomic mass is 32.2. The number of benzene rings is 1. The summed E-state index contributed by atoms with van der Waals surface area (Å²) in [4.78, 5) is 12.0. The Morgan fingerprint density at radius 3 is 2.52 bits per heavy atom. The first kappa shape index (κ1) is 19.2. The Labute approximate surface area is 137 Å². The van der Waals surface area contributed by atoms with Crippen molar-refractivity contribution in [3.8, 4) is 5.75 Å². The minimum atomic E-state index is -3.41. The molecule has 0 saturated carbocycles. The molecule has 0 saturated heterocycles. The number of nitrogens with one attached hydrogen (secondary N) is 2. The number of amides is 1. The number of sulfonamides is 1. The monoisotopic (exact) mass is 343 g/mol. The lowest BCUT2D eigenvalue weighted by atomic mass is 10.0. The zero-order valence-electron chi connectivity index (χ0n) is 13.9. The molecule has 0 bridgehead atoms. The van der Waals surface area contributed by atoms with Crippen LogP contribution in [0.1, 0.15) is 27.2 Å². The smallest absolute Gasteiger partial charge is 0.241 e. The molecular formula is C15H25N3O4S. The second kappa shape index (κ2) is 8.16. The standard InChI is InChI=1S/C15H25N3O4S/c1-5-23(20,21)18-13-7-6-11(9-14(13)22-4)17-15(19)12(16)8-10(2)3/h6-7,9-10,12,18H,5,8,16H2,1-4H3,(H,17,19)/t12-/m0/s1. The highest BCUT2D eigenvalue weighted by Crippen LogP contribution is 2.29. The topological polar surface area (TPSA) is 111 Å². The van der Waals surface area contributed by atoms with Crippen LogP contribution in [0.15, 0.2) is 18.2 Å². The molecular weight excluding hydrogens is 318 g/mol. The lowest BCUT2D eigenvalue weighted by Gasteiger charge is -2.16. The van der Waals surface area contributed by atoms with Gasteiger partial charge in [-0.05, 0) is 31.4 Å². The second-order valence-electron chi connectivity index (χ2n) is 5.65. The third kappa shape index (κ3) is 6.07. The summed E-state index contributed by atoms with van der Waals surface area (Å²) < 4.78 is 30.9. The zero-order chi connectivity index (χ0) is 17.6. The molecule has 0 aliphatic rings. The molecule has 8 heteroatoms. The van der Waals surface area contributed by atoms with Gasteiger partial charge in [0.2, 0.25) is 15.9 Å². The largest absolute Gasteiger partial charge is 0.494 e. The van der Waals surface area contributed by atoms with Crippen LogP contribution >= 0.6 is 0 Å². The summed E-state index contributed by atoms with van der Waals surface area (Å²) in [5, 5.41) is 2.70. The normalized spacial score (nSPS) is 12.8. The van der Waals surface area contributed by atoms with Crippen LogP contribution in [0.4, 0.5) is 11.4 Å². The quantitative estimate of drug-likeness (QED) is 0.666. The van der Waals surface area contributed by atoms with E-state index in [4.69, 9.17) is 10.5 Å². The number of ether oxygens (including phenoxy) is 1. The summed E-state index contributed by atoms with van der Waals surface area (Å²) in [6.07, 6.45) is 0.581. The second-order valence-corrected chi connectivity index (χ2v) is 7.66. The summed E-state index contributed by atoms with van der Waals surface area (Å²) >= 11 is 0. The van der Waals surface area contributed by atoms with E-state index >= 15 is 0 Å². The van der Waals surface area contributed by atoms with Crippen LogP contribution in [0.25, 0.3) is 0 Å². The molecule has 23 heavy (non-hydrogen) atoms. The Morgan fingerprint density at radius 1 is 1.35 bits per heavy atom. The highest BCUT2D eigenvalue weighted by Gasteiger charge is 2.16. The Morgan fingerprint density at radius 2 is 2.00 bits per heavy atom. The summed E-state index contributed by atoms with van der Waals surface area (Å²) in [5.41, 5.74) is 6.64. The molecule has 7 nitrogen and oxygen atoms in total. The Hall–Kier alpha value is -1.80. The molecule has 1 aromatic carbocycles. The molecule has 1 atom stereocenters. The van der Waals surface area contributed by atoms with Gasteiger partial charge >= 0.3 is 0 Å². The number of rotatable bonds is 8. The summed E-state index contributed by atoms with van der Waals surface area (Å²) in [6, 6.07) is 4.08. The minimum absolute atomic E-state index is 0.0430. The van der Waals surface area contributed by atoms with Crippen molar-refractivity contribution in [3.63, 3.8) is 0 Å². The van der Waals surface area contributed by atoms with Crippen LogP contribution in [-0.2, 0) is 14.8 Å². The van der Waals surface area contributed by atoms with Gasteiger partial charge in [-0.25, -0.2) is 8.42 Å². The molecule has 0 aliphatic carbocycles. The van der Waals surface area contributed by atoms with E-state index in [0.29, 0.717) is 29.5 Å². The number of hydrogen-bond acceptors (Lipinski definition) is 5. The van der Waals surface area contributed by atoms with Crippen molar-refractivity contribution in [1.82, 2.24) is 0 Å². The Bertz CT molecular complexity index is 644. The first-order valence-corrected chi connectivity index (χ1v) is 9.08. The van der Waals surface area contributed by atoms with Gasteiger partial charge in [-0.3, -0.25) is 9.52 Å². The highest BCUT2D eigenvalue weighted by molar-refractivity contribution is 7.92. The predicted molar refractivity (Wildman–Crippen MR) is 92.1 cm³/mol. The molecule has 4 N–H and O–H groups in total. The van der Waals surface area contributed by atoms with E-state index in [9.17, 15) is 13.2 Å². The van der Waals surface area contributed by atoms with Crippen molar-refractivity contribution in [2.75, 3.05) is 22.9 Å². The molecule has 0 radical (unpaired) electrons. The predicted octanol–water partition coefficient (Wildman–Crippen LogP) is 1.77. The fourth-order valence-corrected chi connectivity index (χ4v) is 2.59. The number of methoxy groups -OCH3 is 1. The number of anilines is 2. The average molecular weight is 343 g/mol. The maximum Gasteiger partial charge on any atom is 0.241 e. The number of nitrogens with two attached hydrogens (primary N) is 1. The van der Waals surface area contributed by atoms with Gasteiger partial charge in [0.25, 0.3) is 0 Å². The van der Waals surface area contributed by atoms with Crippen LogP contribution < -0.4 is 20.5 Å². The fourth-order valence-electron chi connectivity index (χ4n) is 1.94. The Balaban J connectivity index is 2.89. The van der Waals surface area contributed by atoms with E-state index in [1.165, 1.54) is 13.2 Å². The third-order valence-electron chi connectivity index (χ3n) is 3.18. The van der Waals surface area contributed by atoms with Crippen LogP contribution in [0.5, 0.6) is 5.75 Å². The molecule has 1 rings (SSSR count). The first-order valence-electron chi connectivity index (χ1n) is 7.43. The number of carbonyl (C=O) groups excluding carboxylic acids is 1. The number of hydrogen-bond donors (Lipinski definition) is 3. The van der Waals surface area contributed by atoms with Gasteiger partial charge in [0, 0.05) is 11.8 Å². The van der Waals surface area contributed by atoms with Crippen molar-refractivity contribution in [2.45, 2.75) is 33.2 Å². The van der Waals surface area contributed by atoms with Gasteiger partial charge in [-0.1, -0.05) is 13.8 Å². The molecule has 0 unspecified atom stereocenters. The summed E-state index contributed by atoms with van der Waals surface area (Å²) in [5.74, 6) is 0.301. The third-order valence-corrected chi connectivity index (χ3v) is 4.47. The van der Waals surface area contributed by atoms with E-state index in [-0.39, 0.29) is 11.7 Å². The lowest BCUT2D eigenvalue weighted by molar-refractivity contribution is -0.117. The number of carbonyl (C=O) groups is 1. The average Bonchev–Trinajstić information content (AvgIpc) is 2.47. The van der Waals surface area contributed by atoms with E-state index in [2.05, 4.69) is 10.0 Å². The maximum atomic E-state index is 12.0. The van der Waals surface area contributed by atoms with E-state index in [1.807, 2.05) is 13.8 Å². The minimum Gasteiger partial charge on any atom is -0.494 e. The molecule has 0 fully saturated rings. The van der Waals surface area contributed by atoms with Crippen LogP contribution in [-0.4, -0.2) is 33.2 Å². The molecule has 0 aliphatic heterocycles. The van der Waals surface area contributed by atoms with Gasteiger partial charge in [-0.2, -0.15) is 0 Å². The van der Waals surface area contributed by atoms with E-state index in [0.717, 1.165) is 0 Å². The van der Waals surface area contributed by atoms with Gasteiger partial charge in [-0.15, -0.1) is 0 Å². The zero-order valence-corrected chi connectivity index (χ0v) is 14.7. The van der Waals surface area contributed by atoms with Crippen LogP contribution in [0, 0.1) is 5.92 Å². The van der Waals surface area contributed by atoms with Gasteiger partial charge in [0.15, 0.2) is 0 Å². The maximum absolute atomic E-state index is 12.0. The lowest BCUT2D eigenvalue weighted by Crippen LogP contribution is -2.36. The molecule has 0 heterocycles. The van der Waals surface area contributed by atoms with Gasteiger partial charge in [0.05, 0.1) is 24.6 Å². The SMILES string of the molecule is CCS(=O)(=O)Nc1ccc(NC(=O)[C@@H](N)CC(C)C)cc1OC. The first-order chi connectivity index (χ1) is 10.7. The molecule has 130 valence electrons. The molecule has 0 aromatic heterocycles. The van der Waals surface area contributed by atoms with Crippen LogP contribution in [0.3, 0.4) is 0 Å². The Kier molecular flexibility index (Phi) is 6.83. The van der Waals surface area contributed by atoms with E-state index in [1.54, 1.807) is 19.1 Å².